The Labute approximate surface area is 126 Å². The molecule has 2 aromatic carbocycles. The van der Waals surface area contributed by atoms with Gasteiger partial charge in [0.05, 0.1) is 18.4 Å². The zero-order chi connectivity index (χ0) is 15.7. The van der Waals surface area contributed by atoms with Crippen LogP contribution in [0.4, 0.5) is 10.1 Å². The molecule has 0 atom stereocenters. The number of carbonyl (C=O) groups is 2. The zero-order valence-electron chi connectivity index (χ0n) is 11.7. The minimum absolute atomic E-state index is 0.133. The van der Waals surface area contributed by atoms with E-state index in [1.807, 2.05) is 0 Å². The second-order valence-corrected chi connectivity index (χ2v) is 4.77. The lowest BCUT2D eigenvalue weighted by atomic mass is 9.91. The molecule has 0 heterocycles. The molecule has 0 bridgehead atoms. The predicted molar refractivity (Wildman–Crippen MR) is 79.8 cm³/mol. The van der Waals surface area contributed by atoms with Gasteiger partial charge >= 0.3 is 0 Å². The van der Waals surface area contributed by atoms with E-state index in [2.05, 4.69) is 5.32 Å². The number of rotatable bonds is 3. The number of Topliss-reactive ketones (excluding diaryl/α,β-unsaturated/α-hetero) is 1. The Morgan fingerprint density at radius 3 is 2.45 bits per heavy atom. The van der Waals surface area contributed by atoms with Gasteiger partial charge in [0.2, 0.25) is 5.78 Å². The van der Waals surface area contributed by atoms with Crippen LogP contribution in [-0.2, 0) is 0 Å². The second kappa shape index (κ2) is 5.44. The van der Waals surface area contributed by atoms with E-state index in [-0.39, 0.29) is 28.6 Å². The van der Waals surface area contributed by atoms with E-state index in [1.54, 1.807) is 18.2 Å². The number of fused-ring (bicyclic) bond motifs is 1. The summed E-state index contributed by atoms with van der Waals surface area (Å²) in [5.74, 6) is -0.644. The molecule has 0 spiro atoms. The van der Waals surface area contributed by atoms with Crippen molar-refractivity contribution in [2.45, 2.75) is 0 Å². The molecule has 1 aliphatic rings. The largest absolute Gasteiger partial charge is 0.496 e. The molecular weight excluding hydrogens is 285 g/mol. The fourth-order valence-corrected chi connectivity index (χ4v) is 2.33. The number of allylic oxidation sites excluding steroid dienone is 2. The summed E-state index contributed by atoms with van der Waals surface area (Å²) in [6.07, 6.45) is 1.24. The molecule has 110 valence electrons. The fourth-order valence-electron chi connectivity index (χ4n) is 2.33. The topological polar surface area (TPSA) is 55.4 Å². The zero-order valence-corrected chi connectivity index (χ0v) is 11.7. The third kappa shape index (κ3) is 2.37. The normalized spacial score (nSPS) is 13.5. The molecule has 0 aliphatic heterocycles. The van der Waals surface area contributed by atoms with Crippen LogP contribution >= 0.6 is 0 Å². The smallest absolute Gasteiger partial charge is 0.213 e. The van der Waals surface area contributed by atoms with Gasteiger partial charge in [0.1, 0.15) is 11.6 Å². The van der Waals surface area contributed by atoms with Gasteiger partial charge in [0, 0.05) is 17.3 Å². The number of benzene rings is 2. The van der Waals surface area contributed by atoms with Crippen LogP contribution < -0.4 is 10.1 Å². The first-order valence-electron chi connectivity index (χ1n) is 6.60. The average Bonchev–Trinajstić information content (AvgIpc) is 2.53. The Balaban J connectivity index is 1.99. The molecule has 0 unspecified atom stereocenters. The first-order chi connectivity index (χ1) is 10.6. The van der Waals surface area contributed by atoms with Crippen molar-refractivity contribution in [1.29, 1.82) is 0 Å². The van der Waals surface area contributed by atoms with Crippen LogP contribution in [0.3, 0.4) is 0 Å². The van der Waals surface area contributed by atoms with Gasteiger partial charge in [-0.2, -0.15) is 0 Å². The molecule has 22 heavy (non-hydrogen) atoms. The number of methoxy groups -OCH3 is 1. The van der Waals surface area contributed by atoms with Crippen molar-refractivity contribution in [2.24, 2.45) is 0 Å². The third-order valence-electron chi connectivity index (χ3n) is 3.38. The Morgan fingerprint density at radius 2 is 1.77 bits per heavy atom. The quantitative estimate of drug-likeness (QED) is 0.945. The van der Waals surface area contributed by atoms with Gasteiger partial charge < -0.3 is 10.1 Å². The first-order valence-corrected chi connectivity index (χ1v) is 6.60. The summed E-state index contributed by atoms with van der Waals surface area (Å²) in [5.41, 5.74) is 1.21. The number of ether oxygens (including phenoxy) is 1. The summed E-state index contributed by atoms with van der Waals surface area (Å²) in [7, 11) is 1.44. The van der Waals surface area contributed by atoms with Gasteiger partial charge in [-0.05, 0) is 30.3 Å². The van der Waals surface area contributed by atoms with Crippen molar-refractivity contribution >= 4 is 17.3 Å². The van der Waals surface area contributed by atoms with Crippen molar-refractivity contribution in [3.8, 4) is 5.75 Å². The Morgan fingerprint density at radius 1 is 1.05 bits per heavy atom. The summed E-state index contributed by atoms with van der Waals surface area (Å²) >= 11 is 0. The summed E-state index contributed by atoms with van der Waals surface area (Å²) in [5, 5.41) is 2.85. The van der Waals surface area contributed by atoms with Gasteiger partial charge in [0.25, 0.3) is 0 Å². The summed E-state index contributed by atoms with van der Waals surface area (Å²) < 4.78 is 18.1. The van der Waals surface area contributed by atoms with Crippen LogP contribution in [0.25, 0.3) is 0 Å². The molecule has 0 radical (unpaired) electrons. The summed E-state index contributed by atoms with van der Waals surface area (Å²) in [6.45, 7) is 0. The average molecular weight is 297 g/mol. The van der Waals surface area contributed by atoms with Crippen LogP contribution in [-0.4, -0.2) is 18.7 Å². The van der Waals surface area contributed by atoms with Gasteiger partial charge in [-0.1, -0.05) is 12.1 Å². The Bertz CT molecular complexity index is 794. The minimum atomic E-state index is -0.377. The summed E-state index contributed by atoms with van der Waals surface area (Å²) in [4.78, 5) is 24.7. The maximum atomic E-state index is 12.9. The molecule has 5 heteroatoms. The highest BCUT2D eigenvalue weighted by Gasteiger charge is 2.28. The van der Waals surface area contributed by atoms with Crippen molar-refractivity contribution < 1.29 is 18.7 Å². The number of anilines is 1. The van der Waals surface area contributed by atoms with Crippen molar-refractivity contribution in [3.05, 3.63) is 71.2 Å². The lowest BCUT2D eigenvalue weighted by Crippen LogP contribution is -2.22. The van der Waals surface area contributed by atoms with E-state index in [9.17, 15) is 14.0 Å². The molecule has 1 N–H and O–H groups in total. The molecule has 4 nitrogen and oxygen atoms in total. The lowest BCUT2D eigenvalue weighted by molar-refractivity contribution is 0.0982. The number of ketones is 2. The number of nitrogens with one attached hydrogen (secondary N) is 1. The van der Waals surface area contributed by atoms with Crippen LogP contribution in [0.2, 0.25) is 0 Å². The summed E-state index contributed by atoms with van der Waals surface area (Å²) in [6, 6.07) is 10.4. The van der Waals surface area contributed by atoms with Gasteiger partial charge in [-0.3, -0.25) is 9.59 Å². The molecule has 0 fully saturated rings. The number of carbonyl (C=O) groups excluding carboxylic acids is 2. The van der Waals surface area contributed by atoms with Crippen LogP contribution in [0, 0.1) is 5.82 Å². The first kappa shape index (κ1) is 14.0. The van der Waals surface area contributed by atoms with E-state index in [0.29, 0.717) is 17.0 Å². The predicted octanol–water partition coefficient (Wildman–Crippen LogP) is 3.21. The number of hydrogen-bond donors (Lipinski definition) is 1. The molecule has 0 saturated heterocycles. The fraction of sp³-hybridized carbons (Fsp3) is 0.0588. The Hall–Kier alpha value is -2.95. The maximum Gasteiger partial charge on any atom is 0.213 e. The van der Waals surface area contributed by atoms with E-state index in [0.717, 1.165) is 0 Å². The van der Waals surface area contributed by atoms with Crippen molar-refractivity contribution in [2.75, 3.05) is 12.4 Å². The second-order valence-electron chi connectivity index (χ2n) is 4.77. The van der Waals surface area contributed by atoms with E-state index >= 15 is 0 Å². The monoisotopic (exact) mass is 297 g/mol. The highest BCUT2D eigenvalue weighted by molar-refractivity contribution is 6.26. The van der Waals surface area contributed by atoms with Crippen LogP contribution in [0.5, 0.6) is 5.75 Å². The maximum absolute atomic E-state index is 12.9. The molecule has 0 saturated carbocycles. The van der Waals surface area contributed by atoms with Gasteiger partial charge in [-0.25, -0.2) is 4.39 Å². The van der Waals surface area contributed by atoms with E-state index in [4.69, 9.17) is 4.74 Å². The minimum Gasteiger partial charge on any atom is -0.496 e. The third-order valence-corrected chi connectivity index (χ3v) is 3.38. The van der Waals surface area contributed by atoms with Crippen molar-refractivity contribution in [3.63, 3.8) is 0 Å². The Kier molecular flexibility index (Phi) is 3.47. The van der Waals surface area contributed by atoms with Crippen LogP contribution in [0.15, 0.2) is 54.2 Å². The number of halogens is 1. The lowest BCUT2D eigenvalue weighted by Gasteiger charge is -2.18. The standard InChI is InChI=1S/C17H12FNO3/c1-22-15-4-2-3-12-14(20)9-13(17(21)16(12)15)19-11-7-5-10(18)6-8-11/h2-9,19H,1H3. The van der Waals surface area contributed by atoms with E-state index in [1.165, 1.54) is 37.5 Å². The molecule has 0 amide bonds. The highest BCUT2D eigenvalue weighted by Crippen LogP contribution is 2.30. The molecule has 1 aliphatic carbocycles. The van der Waals surface area contributed by atoms with Crippen LogP contribution in [0.1, 0.15) is 20.7 Å². The van der Waals surface area contributed by atoms with Gasteiger partial charge in [-0.15, -0.1) is 0 Å². The molecular formula is C17H12FNO3. The van der Waals surface area contributed by atoms with Crippen molar-refractivity contribution in [1.82, 2.24) is 0 Å². The number of hydrogen-bond acceptors (Lipinski definition) is 4. The SMILES string of the molecule is COc1cccc2c1C(=O)C(Nc1ccc(F)cc1)=CC2=O. The highest BCUT2D eigenvalue weighted by atomic mass is 19.1. The van der Waals surface area contributed by atoms with E-state index < -0.39 is 0 Å². The van der Waals surface area contributed by atoms with Gasteiger partial charge in [0.15, 0.2) is 5.78 Å². The molecule has 2 aromatic rings. The molecule has 3 rings (SSSR count). The molecule has 0 aromatic heterocycles.